The number of benzene rings is 2. The van der Waals surface area contributed by atoms with Crippen molar-refractivity contribution >= 4 is 17.6 Å². The molecule has 1 unspecified atom stereocenters. The topological polar surface area (TPSA) is 80.3 Å². The third-order valence-corrected chi connectivity index (χ3v) is 4.68. The molecule has 0 saturated carbocycles. The van der Waals surface area contributed by atoms with Crippen LogP contribution < -0.4 is 10.6 Å². The van der Waals surface area contributed by atoms with Crippen LogP contribution in [0.3, 0.4) is 0 Å². The van der Waals surface area contributed by atoms with E-state index in [0.717, 1.165) is 23.3 Å². The Morgan fingerprint density at radius 3 is 2.50 bits per heavy atom. The zero-order valence-corrected chi connectivity index (χ0v) is 17.5. The number of hydrogen-bond donors (Lipinski definition) is 2. The lowest BCUT2D eigenvalue weighted by molar-refractivity contribution is -0.142. The van der Waals surface area contributed by atoms with Gasteiger partial charge in [0.15, 0.2) is 11.6 Å². The molecular weight excluding hydrogens is 416 g/mol. The van der Waals surface area contributed by atoms with Crippen LogP contribution in [0, 0.1) is 11.6 Å². The second-order valence-electron chi connectivity index (χ2n) is 7.00. The highest BCUT2D eigenvalue weighted by molar-refractivity contribution is 5.96. The fourth-order valence-electron chi connectivity index (χ4n) is 3.13. The molecule has 0 saturated heterocycles. The van der Waals surface area contributed by atoms with Crippen molar-refractivity contribution in [2.75, 3.05) is 18.5 Å². The number of esters is 1. The lowest BCUT2D eigenvalue weighted by atomic mass is 10.0. The van der Waals surface area contributed by atoms with Crippen LogP contribution in [-0.2, 0) is 20.7 Å². The van der Waals surface area contributed by atoms with E-state index in [1.165, 1.54) is 6.07 Å². The largest absolute Gasteiger partial charge is 0.465 e. The SMILES string of the molecule is CCOC(=O)CNC(Cc1ccc(F)c(F)c1)C(=O)Nc1cccc(-c2ccncc2)c1. The summed E-state index contributed by atoms with van der Waals surface area (Å²) in [6.45, 7) is 1.69. The Labute approximate surface area is 184 Å². The molecule has 0 bridgehead atoms. The summed E-state index contributed by atoms with van der Waals surface area (Å²) in [4.78, 5) is 28.7. The molecule has 0 radical (unpaired) electrons. The van der Waals surface area contributed by atoms with Gasteiger partial charge in [0.25, 0.3) is 0 Å². The fourth-order valence-corrected chi connectivity index (χ4v) is 3.13. The Kier molecular flexibility index (Phi) is 7.99. The fraction of sp³-hybridized carbons (Fsp3) is 0.208. The molecule has 3 aromatic rings. The van der Waals surface area contributed by atoms with Crippen molar-refractivity contribution in [3.05, 3.63) is 84.2 Å². The molecule has 0 aliphatic heterocycles. The minimum Gasteiger partial charge on any atom is -0.465 e. The monoisotopic (exact) mass is 439 g/mol. The number of carbonyl (C=O) groups excluding carboxylic acids is 2. The zero-order chi connectivity index (χ0) is 22.9. The Morgan fingerprint density at radius 2 is 1.78 bits per heavy atom. The van der Waals surface area contributed by atoms with Crippen molar-refractivity contribution < 1.29 is 23.1 Å². The van der Waals surface area contributed by atoms with Crippen LogP contribution in [0.1, 0.15) is 12.5 Å². The minimum atomic E-state index is -1.00. The summed E-state index contributed by atoms with van der Waals surface area (Å²) in [6, 6.07) is 13.5. The highest BCUT2D eigenvalue weighted by Crippen LogP contribution is 2.22. The van der Waals surface area contributed by atoms with E-state index >= 15 is 0 Å². The summed E-state index contributed by atoms with van der Waals surface area (Å²) in [7, 11) is 0. The molecule has 0 spiro atoms. The smallest absolute Gasteiger partial charge is 0.319 e. The van der Waals surface area contributed by atoms with Gasteiger partial charge in [-0.05, 0) is 66.4 Å². The van der Waals surface area contributed by atoms with Gasteiger partial charge in [0.05, 0.1) is 19.2 Å². The summed E-state index contributed by atoms with van der Waals surface area (Å²) in [5.74, 6) is -2.92. The number of nitrogens with zero attached hydrogens (tertiary/aromatic N) is 1. The molecule has 1 amide bonds. The van der Waals surface area contributed by atoms with Crippen molar-refractivity contribution in [3.8, 4) is 11.1 Å². The number of rotatable bonds is 9. The summed E-state index contributed by atoms with van der Waals surface area (Å²) >= 11 is 0. The van der Waals surface area contributed by atoms with Gasteiger partial charge >= 0.3 is 5.97 Å². The van der Waals surface area contributed by atoms with Crippen LogP contribution in [0.4, 0.5) is 14.5 Å². The summed E-state index contributed by atoms with van der Waals surface area (Å²) in [5, 5.41) is 5.66. The van der Waals surface area contributed by atoms with Crippen molar-refractivity contribution in [2.24, 2.45) is 0 Å². The lowest BCUT2D eigenvalue weighted by Gasteiger charge is -2.19. The third-order valence-electron chi connectivity index (χ3n) is 4.68. The van der Waals surface area contributed by atoms with Crippen LogP contribution in [0.25, 0.3) is 11.1 Å². The first-order chi connectivity index (χ1) is 15.5. The average Bonchev–Trinajstić information content (AvgIpc) is 2.80. The summed E-state index contributed by atoms with van der Waals surface area (Å²) < 4.78 is 31.8. The summed E-state index contributed by atoms with van der Waals surface area (Å²) in [5.41, 5.74) is 2.79. The van der Waals surface area contributed by atoms with Gasteiger partial charge in [0.1, 0.15) is 0 Å². The van der Waals surface area contributed by atoms with E-state index in [1.54, 1.807) is 25.4 Å². The van der Waals surface area contributed by atoms with E-state index in [2.05, 4.69) is 15.6 Å². The zero-order valence-electron chi connectivity index (χ0n) is 17.5. The molecule has 32 heavy (non-hydrogen) atoms. The van der Waals surface area contributed by atoms with Crippen LogP contribution >= 0.6 is 0 Å². The van der Waals surface area contributed by atoms with Crippen molar-refractivity contribution in [2.45, 2.75) is 19.4 Å². The van der Waals surface area contributed by atoms with Crippen molar-refractivity contribution in [1.29, 1.82) is 0 Å². The van der Waals surface area contributed by atoms with E-state index in [9.17, 15) is 18.4 Å². The molecule has 6 nitrogen and oxygen atoms in total. The van der Waals surface area contributed by atoms with Crippen LogP contribution in [0.15, 0.2) is 67.0 Å². The van der Waals surface area contributed by atoms with Gasteiger partial charge in [-0.3, -0.25) is 19.9 Å². The molecule has 0 aliphatic rings. The molecule has 1 atom stereocenters. The average molecular weight is 439 g/mol. The number of pyridine rings is 1. The standard InChI is InChI=1S/C24H23F2N3O3/c1-2-32-23(30)15-28-22(13-16-6-7-20(25)21(26)12-16)24(31)29-19-5-3-4-18(14-19)17-8-10-27-11-9-17/h3-12,14,22,28H,2,13,15H2,1H3,(H,29,31). The first-order valence-electron chi connectivity index (χ1n) is 10.1. The molecule has 0 aliphatic carbocycles. The number of nitrogens with one attached hydrogen (secondary N) is 2. The van der Waals surface area contributed by atoms with Crippen LogP contribution in [0.2, 0.25) is 0 Å². The van der Waals surface area contributed by atoms with Gasteiger partial charge in [0, 0.05) is 18.1 Å². The molecule has 0 fully saturated rings. The van der Waals surface area contributed by atoms with Crippen molar-refractivity contribution in [1.82, 2.24) is 10.3 Å². The number of halogens is 2. The highest BCUT2D eigenvalue weighted by Gasteiger charge is 2.21. The minimum absolute atomic E-state index is 0.0481. The third kappa shape index (κ3) is 6.42. The second kappa shape index (κ2) is 11.1. The molecule has 1 aromatic heterocycles. The molecule has 3 rings (SSSR count). The van der Waals surface area contributed by atoms with E-state index < -0.39 is 29.6 Å². The van der Waals surface area contributed by atoms with E-state index in [0.29, 0.717) is 11.3 Å². The Hall–Kier alpha value is -3.65. The Morgan fingerprint density at radius 1 is 1.00 bits per heavy atom. The number of anilines is 1. The quantitative estimate of drug-likeness (QED) is 0.497. The van der Waals surface area contributed by atoms with Gasteiger partial charge in [0.2, 0.25) is 5.91 Å². The second-order valence-corrected chi connectivity index (χ2v) is 7.00. The molecule has 8 heteroatoms. The van der Waals surface area contributed by atoms with E-state index in [-0.39, 0.29) is 19.6 Å². The highest BCUT2D eigenvalue weighted by atomic mass is 19.2. The predicted molar refractivity (Wildman–Crippen MR) is 117 cm³/mol. The molecule has 2 aromatic carbocycles. The summed E-state index contributed by atoms with van der Waals surface area (Å²) in [6.07, 6.45) is 3.40. The first kappa shape index (κ1) is 23.0. The number of carbonyl (C=O) groups is 2. The van der Waals surface area contributed by atoms with Gasteiger partial charge in [-0.1, -0.05) is 18.2 Å². The van der Waals surface area contributed by atoms with Crippen molar-refractivity contribution in [3.63, 3.8) is 0 Å². The van der Waals surface area contributed by atoms with Gasteiger partial charge < -0.3 is 10.1 Å². The normalized spacial score (nSPS) is 11.6. The predicted octanol–water partition coefficient (Wildman–Crippen LogP) is 3.73. The van der Waals surface area contributed by atoms with Gasteiger partial charge in [-0.25, -0.2) is 8.78 Å². The maximum absolute atomic E-state index is 13.6. The molecular formula is C24H23F2N3O3. The first-order valence-corrected chi connectivity index (χ1v) is 10.1. The number of amides is 1. The van der Waals surface area contributed by atoms with E-state index in [1.807, 2.05) is 30.3 Å². The van der Waals surface area contributed by atoms with E-state index in [4.69, 9.17) is 4.74 Å². The maximum Gasteiger partial charge on any atom is 0.319 e. The van der Waals surface area contributed by atoms with Crippen LogP contribution in [-0.4, -0.2) is 36.1 Å². The van der Waals surface area contributed by atoms with Gasteiger partial charge in [-0.2, -0.15) is 0 Å². The Balaban J connectivity index is 1.76. The number of ether oxygens (including phenoxy) is 1. The molecule has 166 valence electrons. The molecule has 2 N–H and O–H groups in total. The van der Waals surface area contributed by atoms with Crippen LogP contribution in [0.5, 0.6) is 0 Å². The Bertz CT molecular complexity index is 1080. The molecule has 1 heterocycles. The lowest BCUT2D eigenvalue weighted by Crippen LogP contribution is -2.44. The number of hydrogen-bond acceptors (Lipinski definition) is 5. The number of aromatic nitrogens is 1. The maximum atomic E-state index is 13.6. The van der Waals surface area contributed by atoms with Gasteiger partial charge in [-0.15, -0.1) is 0 Å².